The van der Waals surface area contributed by atoms with Gasteiger partial charge in [-0.1, -0.05) is 30.3 Å². The quantitative estimate of drug-likeness (QED) is 0.916. The van der Waals surface area contributed by atoms with E-state index in [-0.39, 0.29) is 0 Å². The lowest BCUT2D eigenvalue weighted by atomic mass is 10.1. The van der Waals surface area contributed by atoms with Crippen LogP contribution in [0.4, 0.5) is 5.69 Å². The highest BCUT2D eigenvalue weighted by atomic mass is 16.5. The number of hydrogen-bond donors (Lipinski definition) is 1. The van der Waals surface area contributed by atoms with Crippen molar-refractivity contribution in [3.63, 3.8) is 0 Å². The van der Waals surface area contributed by atoms with Gasteiger partial charge in [0.1, 0.15) is 5.75 Å². The molecule has 0 unspecified atom stereocenters. The van der Waals surface area contributed by atoms with Gasteiger partial charge in [0.05, 0.1) is 13.2 Å². The minimum atomic E-state index is -0.481. The predicted molar refractivity (Wildman–Crippen MR) is 97.8 cm³/mol. The molecule has 2 aromatic rings. The molecule has 2 aromatic carbocycles. The maximum atomic E-state index is 10.5. The zero-order chi connectivity index (χ0) is 16.9. The van der Waals surface area contributed by atoms with Gasteiger partial charge in [-0.2, -0.15) is 0 Å². The van der Waals surface area contributed by atoms with E-state index in [0.717, 1.165) is 37.5 Å². The molecule has 24 heavy (non-hydrogen) atoms. The van der Waals surface area contributed by atoms with Crippen LogP contribution in [0.15, 0.2) is 48.5 Å². The molecule has 0 aliphatic carbocycles. The summed E-state index contributed by atoms with van der Waals surface area (Å²) in [5.74, 6) is 0.788. The minimum Gasteiger partial charge on any atom is -0.497 e. The number of aliphatic hydroxyl groups is 1. The van der Waals surface area contributed by atoms with Crippen LogP contribution in [0, 0.1) is 6.92 Å². The van der Waals surface area contributed by atoms with Crippen LogP contribution in [0.2, 0.25) is 0 Å². The number of methoxy groups -OCH3 is 1. The molecule has 1 N–H and O–H groups in total. The summed E-state index contributed by atoms with van der Waals surface area (Å²) in [7, 11) is 1.65. The topological polar surface area (TPSA) is 35.9 Å². The van der Waals surface area contributed by atoms with E-state index in [1.807, 2.05) is 24.3 Å². The van der Waals surface area contributed by atoms with E-state index in [2.05, 4.69) is 41.0 Å². The number of β-amino-alcohol motifs (C(OH)–C–C–N with tert-alkyl or cyclic N) is 1. The number of rotatable bonds is 5. The Hall–Kier alpha value is -2.04. The summed E-state index contributed by atoms with van der Waals surface area (Å²) >= 11 is 0. The van der Waals surface area contributed by atoms with E-state index in [9.17, 15) is 5.11 Å². The SMILES string of the molecule is COc1cccc([C@@H](O)CN2CCN(c3ccccc3C)CC2)c1. The van der Waals surface area contributed by atoms with Gasteiger partial charge in [0.2, 0.25) is 0 Å². The summed E-state index contributed by atoms with van der Waals surface area (Å²) in [5, 5.41) is 10.5. The van der Waals surface area contributed by atoms with Gasteiger partial charge in [-0.05, 0) is 36.2 Å². The molecular formula is C20H26N2O2. The zero-order valence-corrected chi connectivity index (χ0v) is 14.5. The first-order chi connectivity index (χ1) is 11.7. The largest absolute Gasteiger partial charge is 0.497 e. The van der Waals surface area contributed by atoms with Crippen LogP contribution in [-0.2, 0) is 0 Å². The molecular weight excluding hydrogens is 300 g/mol. The van der Waals surface area contributed by atoms with E-state index in [1.54, 1.807) is 7.11 Å². The molecule has 1 aliphatic heterocycles. The Bertz CT molecular complexity index is 666. The van der Waals surface area contributed by atoms with Crippen LogP contribution in [0.5, 0.6) is 5.75 Å². The van der Waals surface area contributed by atoms with Crippen molar-refractivity contribution in [3.05, 3.63) is 59.7 Å². The fraction of sp³-hybridized carbons (Fsp3) is 0.400. The van der Waals surface area contributed by atoms with Crippen LogP contribution in [-0.4, -0.2) is 49.8 Å². The molecule has 4 nitrogen and oxygen atoms in total. The normalized spacial score (nSPS) is 16.9. The molecule has 0 aromatic heterocycles. The van der Waals surface area contributed by atoms with Gasteiger partial charge < -0.3 is 14.7 Å². The molecule has 1 saturated heterocycles. The Labute approximate surface area is 144 Å². The number of aryl methyl sites for hydroxylation is 1. The Balaban J connectivity index is 1.56. The molecule has 3 rings (SSSR count). The Morgan fingerprint density at radius 2 is 1.79 bits per heavy atom. The van der Waals surface area contributed by atoms with E-state index in [1.165, 1.54) is 11.3 Å². The first kappa shape index (κ1) is 16.8. The van der Waals surface area contributed by atoms with Gasteiger partial charge >= 0.3 is 0 Å². The summed E-state index contributed by atoms with van der Waals surface area (Å²) < 4.78 is 5.24. The third kappa shape index (κ3) is 3.89. The molecule has 0 bridgehead atoms. The minimum absolute atomic E-state index is 0.481. The number of piperazine rings is 1. The molecule has 1 heterocycles. The van der Waals surface area contributed by atoms with Crippen molar-refractivity contribution in [1.29, 1.82) is 0 Å². The third-order valence-electron chi connectivity index (χ3n) is 4.74. The van der Waals surface area contributed by atoms with Crippen LogP contribution < -0.4 is 9.64 Å². The van der Waals surface area contributed by atoms with Gasteiger partial charge in [0.25, 0.3) is 0 Å². The van der Waals surface area contributed by atoms with Crippen LogP contribution in [0.25, 0.3) is 0 Å². The molecule has 1 aliphatic rings. The standard InChI is InChI=1S/C20H26N2O2/c1-16-6-3-4-9-19(16)22-12-10-21(11-13-22)15-20(23)17-7-5-8-18(14-17)24-2/h3-9,14,20,23H,10-13,15H2,1-2H3/t20-/m0/s1. The maximum Gasteiger partial charge on any atom is 0.119 e. The summed E-state index contributed by atoms with van der Waals surface area (Å²) in [6.45, 7) is 6.75. The lowest BCUT2D eigenvalue weighted by Gasteiger charge is -2.37. The van der Waals surface area contributed by atoms with Crippen LogP contribution in [0.1, 0.15) is 17.2 Å². The van der Waals surface area contributed by atoms with Crippen molar-refractivity contribution in [2.75, 3.05) is 44.7 Å². The van der Waals surface area contributed by atoms with Gasteiger partial charge in [0, 0.05) is 38.4 Å². The van der Waals surface area contributed by atoms with Crippen molar-refractivity contribution >= 4 is 5.69 Å². The highest BCUT2D eigenvalue weighted by Gasteiger charge is 2.21. The Kier molecular flexibility index (Phi) is 5.38. The molecule has 0 radical (unpaired) electrons. The van der Waals surface area contributed by atoms with Crippen molar-refractivity contribution in [2.24, 2.45) is 0 Å². The number of aliphatic hydroxyl groups excluding tert-OH is 1. The first-order valence-corrected chi connectivity index (χ1v) is 8.52. The lowest BCUT2D eigenvalue weighted by molar-refractivity contribution is 0.109. The van der Waals surface area contributed by atoms with Gasteiger partial charge in [-0.3, -0.25) is 4.90 Å². The lowest BCUT2D eigenvalue weighted by Crippen LogP contribution is -2.47. The second-order valence-electron chi connectivity index (χ2n) is 6.37. The molecule has 0 saturated carbocycles. The monoisotopic (exact) mass is 326 g/mol. The number of benzene rings is 2. The van der Waals surface area contributed by atoms with Gasteiger partial charge in [0.15, 0.2) is 0 Å². The van der Waals surface area contributed by atoms with Crippen LogP contribution >= 0.6 is 0 Å². The highest BCUT2D eigenvalue weighted by Crippen LogP contribution is 2.23. The number of ether oxygens (including phenoxy) is 1. The van der Waals surface area contributed by atoms with E-state index < -0.39 is 6.10 Å². The second kappa shape index (κ2) is 7.69. The summed E-state index contributed by atoms with van der Waals surface area (Å²) in [4.78, 5) is 4.77. The van der Waals surface area contributed by atoms with Crippen molar-refractivity contribution < 1.29 is 9.84 Å². The molecule has 128 valence electrons. The summed E-state index contributed by atoms with van der Waals surface area (Å²) in [6, 6.07) is 16.2. The summed E-state index contributed by atoms with van der Waals surface area (Å²) in [5.41, 5.74) is 3.56. The van der Waals surface area contributed by atoms with Gasteiger partial charge in [-0.25, -0.2) is 0 Å². The Morgan fingerprint density at radius 3 is 2.50 bits per heavy atom. The van der Waals surface area contributed by atoms with Crippen molar-refractivity contribution in [2.45, 2.75) is 13.0 Å². The number of hydrogen-bond acceptors (Lipinski definition) is 4. The Morgan fingerprint density at radius 1 is 1.04 bits per heavy atom. The number of para-hydroxylation sites is 1. The van der Waals surface area contributed by atoms with Crippen molar-refractivity contribution in [1.82, 2.24) is 4.90 Å². The number of anilines is 1. The van der Waals surface area contributed by atoms with E-state index in [4.69, 9.17) is 4.74 Å². The summed E-state index contributed by atoms with van der Waals surface area (Å²) in [6.07, 6.45) is -0.481. The molecule has 0 amide bonds. The zero-order valence-electron chi connectivity index (χ0n) is 14.5. The highest BCUT2D eigenvalue weighted by molar-refractivity contribution is 5.53. The van der Waals surface area contributed by atoms with Crippen molar-refractivity contribution in [3.8, 4) is 5.75 Å². The average Bonchev–Trinajstić information content (AvgIpc) is 2.63. The van der Waals surface area contributed by atoms with Gasteiger partial charge in [-0.15, -0.1) is 0 Å². The fourth-order valence-corrected chi connectivity index (χ4v) is 3.29. The number of nitrogens with zero attached hydrogens (tertiary/aromatic N) is 2. The fourth-order valence-electron chi connectivity index (χ4n) is 3.29. The first-order valence-electron chi connectivity index (χ1n) is 8.52. The molecule has 4 heteroatoms. The second-order valence-corrected chi connectivity index (χ2v) is 6.37. The van der Waals surface area contributed by atoms with E-state index >= 15 is 0 Å². The maximum absolute atomic E-state index is 10.5. The molecule has 1 atom stereocenters. The average molecular weight is 326 g/mol. The third-order valence-corrected chi connectivity index (χ3v) is 4.74. The van der Waals surface area contributed by atoms with Crippen LogP contribution in [0.3, 0.4) is 0 Å². The van der Waals surface area contributed by atoms with E-state index in [0.29, 0.717) is 6.54 Å². The molecule has 0 spiro atoms. The molecule has 1 fully saturated rings. The predicted octanol–water partition coefficient (Wildman–Crippen LogP) is 2.86. The smallest absolute Gasteiger partial charge is 0.119 e.